The Balaban J connectivity index is 2.37. The molecule has 0 radical (unpaired) electrons. The first-order valence-electron chi connectivity index (χ1n) is 4.05. The quantitative estimate of drug-likeness (QED) is 0.804. The highest BCUT2D eigenvalue weighted by Crippen LogP contribution is 2.32. The lowest BCUT2D eigenvalue weighted by molar-refractivity contribution is 0.756. The molecule has 2 N–H and O–H groups in total. The third kappa shape index (κ3) is 1.76. The normalized spacial score (nSPS) is 17.1. The standard InChI is InChI=1S/C8H10IN3S/c1-4-6(9)7(10)12-8(11-4)5-2-13-3-5/h5H,2-3H2,1H3,(H2,10,11,12). The number of anilines is 1. The number of rotatable bonds is 1. The summed E-state index contributed by atoms with van der Waals surface area (Å²) in [6.07, 6.45) is 0. The third-order valence-electron chi connectivity index (χ3n) is 2.06. The first-order valence-corrected chi connectivity index (χ1v) is 6.29. The second-order valence-electron chi connectivity index (χ2n) is 3.10. The Morgan fingerprint density at radius 3 is 2.62 bits per heavy atom. The Kier molecular flexibility index (Phi) is 2.64. The van der Waals surface area contributed by atoms with E-state index in [2.05, 4.69) is 32.6 Å². The molecule has 1 aliphatic heterocycles. The van der Waals surface area contributed by atoms with Crippen LogP contribution < -0.4 is 5.73 Å². The lowest BCUT2D eigenvalue weighted by atomic mass is 10.2. The predicted molar refractivity (Wildman–Crippen MR) is 64.0 cm³/mol. The molecule has 1 aromatic heterocycles. The molecule has 5 heteroatoms. The van der Waals surface area contributed by atoms with Crippen LogP contribution >= 0.6 is 34.4 Å². The lowest BCUT2D eigenvalue weighted by Crippen LogP contribution is -2.20. The smallest absolute Gasteiger partial charge is 0.140 e. The molecule has 0 aliphatic carbocycles. The van der Waals surface area contributed by atoms with Crippen molar-refractivity contribution in [3.63, 3.8) is 0 Å². The zero-order valence-electron chi connectivity index (χ0n) is 7.25. The van der Waals surface area contributed by atoms with Gasteiger partial charge in [-0.3, -0.25) is 0 Å². The zero-order chi connectivity index (χ0) is 9.42. The van der Waals surface area contributed by atoms with Gasteiger partial charge in [0.15, 0.2) is 0 Å². The van der Waals surface area contributed by atoms with Gasteiger partial charge in [0.25, 0.3) is 0 Å². The fraction of sp³-hybridized carbons (Fsp3) is 0.500. The van der Waals surface area contributed by atoms with Gasteiger partial charge in [0, 0.05) is 17.4 Å². The Morgan fingerprint density at radius 2 is 2.15 bits per heavy atom. The van der Waals surface area contributed by atoms with Crippen molar-refractivity contribution in [1.82, 2.24) is 9.97 Å². The Bertz CT molecular complexity index is 315. The Hall–Kier alpha value is -0.0400. The summed E-state index contributed by atoms with van der Waals surface area (Å²) >= 11 is 4.12. The van der Waals surface area contributed by atoms with Crippen LogP contribution in [0.5, 0.6) is 0 Å². The Labute approximate surface area is 95.0 Å². The fourth-order valence-corrected chi connectivity index (χ4v) is 2.18. The van der Waals surface area contributed by atoms with E-state index in [0.717, 1.165) is 26.6 Å². The van der Waals surface area contributed by atoms with Crippen LogP contribution in [0.15, 0.2) is 0 Å². The van der Waals surface area contributed by atoms with Crippen LogP contribution in [0, 0.1) is 10.5 Å². The maximum absolute atomic E-state index is 5.77. The van der Waals surface area contributed by atoms with Gasteiger partial charge in [-0.25, -0.2) is 9.97 Å². The van der Waals surface area contributed by atoms with E-state index in [1.54, 1.807) is 0 Å². The number of halogens is 1. The molecule has 0 spiro atoms. The lowest BCUT2D eigenvalue weighted by Gasteiger charge is -2.23. The second-order valence-corrected chi connectivity index (χ2v) is 5.25. The van der Waals surface area contributed by atoms with Gasteiger partial charge >= 0.3 is 0 Å². The van der Waals surface area contributed by atoms with Crippen molar-refractivity contribution in [2.45, 2.75) is 12.8 Å². The first kappa shape index (κ1) is 9.51. The number of thioether (sulfide) groups is 1. The van der Waals surface area contributed by atoms with Crippen molar-refractivity contribution in [2.75, 3.05) is 17.2 Å². The number of nitrogen functional groups attached to an aromatic ring is 1. The SMILES string of the molecule is Cc1nc(C2CSC2)nc(N)c1I. The molecule has 1 saturated heterocycles. The van der Waals surface area contributed by atoms with Gasteiger partial charge in [-0.2, -0.15) is 11.8 Å². The number of hydrogen-bond donors (Lipinski definition) is 1. The molecule has 0 bridgehead atoms. The average Bonchev–Trinajstić information content (AvgIpc) is 1.96. The molecule has 2 heterocycles. The van der Waals surface area contributed by atoms with Crippen LogP contribution in [0.3, 0.4) is 0 Å². The minimum atomic E-state index is 0.531. The highest BCUT2D eigenvalue weighted by Gasteiger charge is 2.24. The van der Waals surface area contributed by atoms with Gasteiger partial charge in [0.2, 0.25) is 0 Å². The van der Waals surface area contributed by atoms with Crippen LogP contribution in [-0.2, 0) is 0 Å². The minimum absolute atomic E-state index is 0.531. The van der Waals surface area contributed by atoms with Crippen LogP contribution in [0.25, 0.3) is 0 Å². The molecule has 0 amide bonds. The molecule has 13 heavy (non-hydrogen) atoms. The summed E-state index contributed by atoms with van der Waals surface area (Å²) in [5, 5.41) is 0. The monoisotopic (exact) mass is 307 g/mol. The van der Waals surface area contributed by atoms with E-state index in [0.29, 0.717) is 11.7 Å². The molecule has 70 valence electrons. The van der Waals surface area contributed by atoms with Gasteiger partial charge in [0.1, 0.15) is 11.6 Å². The number of hydrogen-bond acceptors (Lipinski definition) is 4. The highest BCUT2D eigenvalue weighted by molar-refractivity contribution is 14.1. The van der Waals surface area contributed by atoms with Crippen LogP contribution in [-0.4, -0.2) is 21.5 Å². The average molecular weight is 307 g/mol. The second kappa shape index (κ2) is 3.61. The van der Waals surface area contributed by atoms with Crippen molar-refractivity contribution >= 4 is 40.2 Å². The van der Waals surface area contributed by atoms with Crippen molar-refractivity contribution in [3.8, 4) is 0 Å². The summed E-state index contributed by atoms with van der Waals surface area (Å²) < 4.78 is 0.980. The van der Waals surface area contributed by atoms with E-state index < -0.39 is 0 Å². The molecule has 1 aliphatic rings. The first-order chi connectivity index (χ1) is 6.18. The molecule has 0 aromatic carbocycles. The third-order valence-corrected chi connectivity index (χ3v) is 4.67. The predicted octanol–water partition coefficient (Wildman–Crippen LogP) is 1.80. The number of aryl methyl sites for hydroxylation is 1. The molecular weight excluding hydrogens is 297 g/mol. The van der Waals surface area contributed by atoms with Crippen molar-refractivity contribution in [3.05, 3.63) is 15.1 Å². The number of aromatic nitrogens is 2. The molecule has 0 saturated carbocycles. The summed E-state index contributed by atoms with van der Waals surface area (Å²) in [6, 6.07) is 0. The number of nitrogens with two attached hydrogens (primary N) is 1. The van der Waals surface area contributed by atoms with Crippen molar-refractivity contribution < 1.29 is 0 Å². The summed E-state index contributed by atoms with van der Waals surface area (Å²) in [7, 11) is 0. The summed E-state index contributed by atoms with van der Waals surface area (Å²) in [5.74, 6) is 4.36. The largest absolute Gasteiger partial charge is 0.383 e. The summed E-state index contributed by atoms with van der Waals surface area (Å²) in [5.41, 5.74) is 6.77. The van der Waals surface area contributed by atoms with Gasteiger partial charge in [-0.15, -0.1) is 0 Å². The number of nitrogens with zero attached hydrogens (tertiary/aromatic N) is 2. The molecule has 3 nitrogen and oxygen atoms in total. The maximum atomic E-state index is 5.77. The molecule has 0 unspecified atom stereocenters. The van der Waals surface area contributed by atoms with E-state index in [4.69, 9.17) is 5.73 Å². The van der Waals surface area contributed by atoms with E-state index >= 15 is 0 Å². The van der Waals surface area contributed by atoms with Crippen LogP contribution in [0.2, 0.25) is 0 Å². The van der Waals surface area contributed by atoms with Crippen molar-refractivity contribution in [2.24, 2.45) is 0 Å². The van der Waals surface area contributed by atoms with Crippen LogP contribution in [0.4, 0.5) is 5.82 Å². The van der Waals surface area contributed by atoms with Gasteiger partial charge in [-0.1, -0.05) is 0 Å². The van der Waals surface area contributed by atoms with E-state index in [1.807, 2.05) is 18.7 Å². The fourth-order valence-electron chi connectivity index (χ4n) is 1.17. The minimum Gasteiger partial charge on any atom is -0.383 e. The molecular formula is C8H10IN3S. The molecule has 2 rings (SSSR count). The van der Waals surface area contributed by atoms with Gasteiger partial charge in [0.05, 0.1) is 9.26 Å². The summed E-state index contributed by atoms with van der Waals surface area (Å²) in [6.45, 7) is 1.98. The van der Waals surface area contributed by atoms with Gasteiger partial charge in [-0.05, 0) is 29.5 Å². The zero-order valence-corrected chi connectivity index (χ0v) is 10.2. The topological polar surface area (TPSA) is 51.8 Å². The molecule has 0 atom stereocenters. The van der Waals surface area contributed by atoms with Crippen LogP contribution in [0.1, 0.15) is 17.4 Å². The Morgan fingerprint density at radius 1 is 1.46 bits per heavy atom. The van der Waals surface area contributed by atoms with Gasteiger partial charge < -0.3 is 5.73 Å². The van der Waals surface area contributed by atoms with E-state index in [1.165, 1.54) is 0 Å². The van der Waals surface area contributed by atoms with Crippen molar-refractivity contribution in [1.29, 1.82) is 0 Å². The van der Waals surface area contributed by atoms with E-state index in [9.17, 15) is 0 Å². The highest BCUT2D eigenvalue weighted by atomic mass is 127. The molecule has 1 fully saturated rings. The van der Waals surface area contributed by atoms with E-state index in [-0.39, 0.29) is 0 Å². The molecule has 1 aromatic rings. The summed E-state index contributed by atoms with van der Waals surface area (Å²) in [4.78, 5) is 8.74. The maximum Gasteiger partial charge on any atom is 0.140 e.